The molecule has 13 aromatic rings. The van der Waals surface area contributed by atoms with Gasteiger partial charge in [-0.25, -0.2) is 0 Å². The Balaban J connectivity index is 0.985. The Bertz CT molecular complexity index is 4070. The summed E-state index contributed by atoms with van der Waals surface area (Å²) in [5.74, 6) is 0. The number of rotatable bonds is 7. The van der Waals surface area contributed by atoms with E-state index in [1.54, 1.807) is 0 Å². The van der Waals surface area contributed by atoms with Crippen molar-refractivity contribution in [2.24, 2.45) is 0 Å². The van der Waals surface area contributed by atoms with E-state index < -0.39 is 8.07 Å². The van der Waals surface area contributed by atoms with Crippen molar-refractivity contribution in [3.63, 3.8) is 0 Å². The molecule has 0 N–H and O–H groups in total. The second-order valence-electron chi connectivity index (χ2n) is 19.9. The van der Waals surface area contributed by atoms with Gasteiger partial charge in [0.25, 0.3) is 0 Å². The third-order valence-corrected chi connectivity index (χ3v) is 20.6. The van der Waals surface area contributed by atoms with Crippen molar-refractivity contribution in [1.82, 2.24) is 0 Å². The van der Waals surface area contributed by atoms with Gasteiger partial charge < -0.3 is 4.42 Å². The van der Waals surface area contributed by atoms with Crippen LogP contribution in [-0.4, -0.2) is 8.07 Å². The highest BCUT2D eigenvalue weighted by atomic mass is 28.3. The van der Waals surface area contributed by atoms with E-state index in [2.05, 4.69) is 269 Å². The molecule has 0 atom stereocenters. The molecule has 1 aliphatic rings. The van der Waals surface area contributed by atoms with Crippen molar-refractivity contribution in [1.29, 1.82) is 0 Å². The molecule has 0 fully saturated rings. The minimum absolute atomic E-state index is 0.157. The maximum atomic E-state index is 6.99. The molecule has 12 aromatic carbocycles. The summed E-state index contributed by atoms with van der Waals surface area (Å²) >= 11 is 0. The monoisotopic (exact) mass is 920 g/mol. The van der Waals surface area contributed by atoms with Gasteiger partial charge in [0.1, 0.15) is 11.2 Å². The fraction of sp³-hybridized carbons (Fsp3) is 0.0435. The van der Waals surface area contributed by atoms with E-state index in [4.69, 9.17) is 4.42 Å². The van der Waals surface area contributed by atoms with Gasteiger partial charge in [-0.15, -0.1) is 0 Å². The van der Waals surface area contributed by atoms with Crippen LogP contribution in [-0.2, 0) is 5.41 Å². The summed E-state index contributed by atoms with van der Waals surface area (Å²) < 4.78 is 6.99. The molecule has 14 rings (SSSR count). The highest BCUT2D eigenvalue weighted by molar-refractivity contribution is 7.19. The van der Waals surface area contributed by atoms with Gasteiger partial charge in [0.05, 0.1) is 0 Å². The molecule has 0 saturated carbocycles. The molecule has 0 radical (unpaired) electrons. The summed E-state index contributed by atoms with van der Waals surface area (Å²) in [7, 11) is -2.71. The fourth-order valence-corrected chi connectivity index (χ4v) is 17.3. The summed E-state index contributed by atoms with van der Waals surface area (Å²) in [6, 6.07) is 95.1. The molecule has 1 nitrogen and oxygen atoms in total. The molecule has 2 heteroatoms. The highest BCUT2D eigenvalue weighted by Gasteiger charge is 2.41. The second kappa shape index (κ2) is 16.0. The summed E-state index contributed by atoms with van der Waals surface area (Å²) in [5, 5.41) is 15.1. The summed E-state index contributed by atoms with van der Waals surface area (Å²) in [5.41, 5.74) is 14.2. The number of para-hydroxylation sites is 1. The molecule has 1 aromatic heterocycles. The first-order chi connectivity index (χ1) is 35.0. The van der Waals surface area contributed by atoms with Gasteiger partial charge in [-0.2, -0.15) is 0 Å². The largest absolute Gasteiger partial charge is 0.455 e. The zero-order valence-electron chi connectivity index (χ0n) is 39.7. The van der Waals surface area contributed by atoms with Gasteiger partial charge in [-0.3, -0.25) is 0 Å². The number of fused-ring (bicyclic) bond motifs is 10. The minimum Gasteiger partial charge on any atom is -0.455 e. The van der Waals surface area contributed by atoms with Gasteiger partial charge in [0.2, 0.25) is 0 Å². The molecular weight excluding hydrogens is 873 g/mol. The quantitative estimate of drug-likeness (QED) is 0.0882. The average Bonchev–Trinajstić information content (AvgIpc) is 3.93. The van der Waals surface area contributed by atoms with Gasteiger partial charge in [0.15, 0.2) is 8.07 Å². The third kappa shape index (κ3) is 6.18. The van der Waals surface area contributed by atoms with Crippen LogP contribution in [0.4, 0.5) is 0 Å². The van der Waals surface area contributed by atoms with E-state index in [1.807, 2.05) is 0 Å². The number of benzene rings is 12. The van der Waals surface area contributed by atoms with Crippen molar-refractivity contribution in [2.75, 3.05) is 0 Å². The molecule has 0 spiro atoms. The Kier molecular flexibility index (Phi) is 9.33. The van der Waals surface area contributed by atoms with Gasteiger partial charge >= 0.3 is 0 Å². The molecule has 0 aliphatic heterocycles. The normalized spacial score (nSPS) is 13.0. The molecule has 1 aliphatic carbocycles. The van der Waals surface area contributed by atoms with Crippen molar-refractivity contribution < 1.29 is 4.42 Å². The standard InChI is InChI=1S/C69H48OSi/c1-69(2)62-41-37-46-20-12-13-27-53(46)67(62)59-40-36-47(44-63(59)69)65-55-29-14-16-31-57(55)66(58-32-17-15-30-56(58)65)61-43-48(42-60-54-28-18-19-33-64(54)70-68(60)61)45-34-38-52(39-35-45)71(49-21-6-3-7-22-49,50-23-8-4-9-24-50)51-25-10-5-11-26-51/h3-44H,1-2H3. The van der Waals surface area contributed by atoms with Crippen LogP contribution in [0.2, 0.25) is 0 Å². The van der Waals surface area contributed by atoms with Crippen LogP contribution < -0.4 is 20.7 Å². The number of hydrogen-bond donors (Lipinski definition) is 0. The van der Waals surface area contributed by atoms with E-state index in [-0.39, 0.29) is 5.41 Å². The molecule has 0 unspecified atom stereocenters. The first-order valence-electron chi connectivity index (χ1n) is 24.8. The van der Waals surface area contributed by atoms with Crippen LogP contribution >= 0.6 is 0 Å². The molecule has 0 saturated heterocycles. The predicted octanol–water partition coefficient (Wildman–Crippen LogP) is 15.7. The molecule has 0 amide bonds. The molecule has 71 heavy (non-hydrogen) atoms. The van der Waals surface area contributed by atoms with Gasteiger partial charge in [0, 0.05) is 27.3 Å². The van der Waals surface area contributed by atoms with Crippen molar-refractivity contribution >= 4 is 83.1 Å². The van der Waals surface area contributed by atoms with Crippen LogP contribution in [0.25, 0.3) is 98.8 Å². The molecule has 0 bridgehead atoms. The lowest BCUT2D eigenvalue weighted by Gasteiger charge is -2.34. The van der Waals surface area contributed by atoms with Gasteiger partial charge in [-0.1, -0.05) is 244 Å². The Morgan fingerprint density at radius 1 is 0.310 bits per heavy atom. The van der Waals surface area contributed by atoms with E-state index in [0.717, 1.165) is 33.1 Å². The van der Waals surface area contributed by atoms with Crippen LogP contribution in [0.1, 0.15) is 25.0 Å². The highest BCUT2D eigenvalue weighted by Crippen LogP contribution is 2.54. The molecule has 334 valence electrons. The summed E-state index contributed by atoms with van der Waals surface area (Å²) in [6.45, 7) is 4.78. The SMILES string of the molecule is CC1(C)c2cc(-c3c4ccccc4c(-c4cc(-c5ccc([Si](c6ccccc6)(c6ccccc6)c6ccccc6)cc5)cc5c4oc4ccccc45)c4ccccc34)ccc2-c2c1ccc1ccccc21. The van der Waals surface area contributed by atoms with Crippen LogP contribution in [0.5, 0.6) is 0 Å². The molecule has 1 heterocycles. The van der Waals surface area contributed by atoms with Gasteiger partial charge in [-0.05, 0) is 122 Å². The Morgan fingerprint density at radius 2 is 0.803 bits per heavy atom. The van der Waals surface area contributed by atoms with Crippen LogP contribution in [0.3, 0.4) is 0 Å². The minimum atomic E-state index is -2.71. The Hall–Kier alpha value is -8.56. The smallest absolute Gasteiger partial charge is 0.179 e. The topological polar surface area (TPSA) is 13.1 Å². The zero-order chi connectivity index (χ0) is 47.3. The predicted molar refractivity (Wildman–Crippen MR) is 304 cm³/mol. The summed E-state index contributed by atoms with van der Waals surface area (Å²) in [6.07, 6.45) is 0. The van der Waals surface area contributed by atoms with E-state index in [1.165, 1.54) is 97.6 Å². The lowest BCUT2D eigenvalue weighted by atomic mass is 9.80. The van der Waals surface area contributed by atoms with Crippen molar-refractivity contribution in [3.05, 3.63) is 266 Å². The average molecular weight is 921 g/mol. The van der Waals surface area contributed by atoms with E-state index in [9.17, 15) is 0 Å². The molecular formula is C69H48OSi. The lowest BCUT2D eigenvalue weighted by Crippen LogP contribution is -2.74. The Labute approximate surface area is 415 Å². The van der Waals surface area contributed by atoms with Crippen molar-refractivity contribution in [3.8, 4) is 44.5 Å². The van der Waals surface area contributed by atoms with E-state index in [0.29, 0.717) is 0 Å². The van der Waals surface area contributed by atoms with Crippen LogP contribution in [0.15, 0.2) is 259 Å². The first-order valence-corrected chi connectivity index (χ1v) is 26.8. The van der Waals surface area contributed by atoms with Crippen LogP contribution in [0, 0.1) is 0 Å². The first kappa shape index (κ1) is 41.4. The second-order valence-corrected chi connectivity index (χ2v) is 23.7. The summed E-state index contributed by atoms with van der Waals surface area (Å²) in [4.78, 5) is 0. The fourth-order valence-electron chi connectivity index (χ4n) is 12.5. The Morgan fingerprint density at radius 3 is 1.41 bits per heavy atom. The van der Waals surface area contributed by atoms with Crippen molar-refractivity contribution in [2.45, 2.75) is 19.3 Å². The lowest BCUT2D eigenvalue weighted by molar-refractivity contribution is 0.661. The number of furan rings is 1. The number of hydrogen-bond acceptors (Lipinski definition) is 1. The zero-order valence-corrected chi connectivity index (χ0v) is 40.7. The third-order valence-electron chi connectivity index (χ3n) is 15.8. The maximum Gasteiger partial charge on any atom is 0.179 e. The maximum absolute atomic E-state index is 6.99. The van der Waals surface area contributed by atoms with E-state index >= 15 is 0 Å².